The van der Waals surface area contributed by atoms with E-state index in [-0.39, 0.29) is 28.5 Å². The van der Waals surface area contributed by atoms with E-state index in [1.54, 1.807) is 12.1 Å². The second kappa shape index (κ2) is 8.10. The van der Waals surface area contributed by atoms with E-state index in [0.29, 0.717) is 6.54 Å². The molecule has 3 rings (SSSR count). The third kappa shape index (κ3) is 4.26. The van der Waals surface area contributed by atoms with Gasteiger partial charge in [0.25, 0.3) is 5.69 Å². The van der Waals surface area contributed by atoms with Crippen molar-refractivity contribution >= 4 is 17.3 Å². The van der Waals surface area contributed by atoms with Crippen LogP contribution in [0.1, 0.15) is 31.4 Å². The summed E-state index contributed by atoms with van der Waals surface area (Å²) in [5.41, 5.74) is 1.81. The number of hydrogen-bond acceptors (Lipinski definition) is 4. The fraction of sp³-hybridized carbons (Fsp3) is 0.350. The van der Waals surface area contributed by atoms with Crippen LogP contribution in [0.2, 0.25) is 0 Å². The van der Waals surface area contributed by atoms with E-state index in [2.05, 4.69) is 10.2 Å². The van der Waals surface area contributed by atoms with E-state index in [1.807, 2.05) is 43.3 Å². The predicted octanol–water partition coefficient (Wildman–Crippen LogP) is 4.01. The molecule has 1 amide bonds. The zero-order valence-electron chi connectivity index (χ0n) is 14.8. The number of nitro groups is 1. The van der Waals surface area contributed by atoms with Crippen molar-refractivity contribution in [2.45, 2.75) is 25.8 Å². The van der Waals surface area contributed by atoms with Gasteiger partial charge in [-0.25, -0.2) is 0 Å². The third-order valence-corrected chi connectivity index (χ3v) is 4.98. The molecule has 0 bridgehead atoms. The van der Waals surface area contributed by atoms with Gasteiger partial charge in [-0.2, -0.15) is 0 Å². The first-order valence-corrected chi connectivity index (χ1v) is 8.89. The van der Waals surface area contributed by atoms with Crippen molar-refractivity contribution < 1.29 is 9.72 Å². The van der Waals surface area contributed by atoms with Gasteiger partial charge in [-0.15, -0.1) is 0 Å². The molecule has 26 heavy (non-hydrogen) atoms. The quantitative estimate of drug-likeness (QED) is 0.651. The Bertz CT molecular complexity index is 779. The summed E-state index contributed by atoms with van der Waals surface area (Å²) in [6.45, 7) is 3.58. The highest BCUT2D eigenvalue weighted by Crippen LogP contribution is 2.29. The predicted molar refractivity (Wildman–Crippen MR) is 101 cm³/mol. The maximum absolute atomic E-state index is 12.6. The Morgan fingerprint density at radius 2 is 2.00 bits per heavy atom. The summed E-state index contributed by atoms with van der Waals surface area (Å²) in [7, 11) is 0. The third-order valence-electron chi connectivity index (χ3n) is 4.98. The second-order valence-corrected chi connectivity index (χ2v) is 6.72. The van der Waals surface area contributed by atoms with Crippen LogP contribution in [-0.4, -0.2) is 28.8 Å². The van der Waals surface area contributed by atoms with E-state index in [9.17, 15) is 14.9 Å². The number of nitrogens with zero attached hydrogens (tertiary/aromatic N) is 2. The number of nitro benzene ring substituents is 1. The van der Waals surface area contributed by atoms with Gasteiger partial charge in [-0.05, 0) is 44.0 Å². The number of benzene rings is 2. The molecule has 1 N–H and O–H groups in total. The van der Waals surface area contributed by atoms with Crippen LogP contribution < -0.4 is 5.32 Å². The first-order chi connectivity index (χ1) is 12.5. The fourth-order valence-electron chi connectivity index (χ4n) is 3.45. The number of piperidine rings is 1. The van der Waals surface area contributed by atoms with E-state index in [4.69, 9.17) is 0 Å². The number of amides is 1. The van der Waals surface area contributed by atoms with Crippen LogP contribution in [-0.2, 0) is 4.79 Å². The number of likely N-dealkylation sites (tertiary alicyclic amines) is 1. The van der Waals surface area contributed by atoms with E-state index in [1.165, 1.54) is 6.07 Å². The highest BCUT2D eigenvalue weighted by Gasteiger charge is 2.29. The maximum Gasteiger partial charge on any atom is 0.269 e. The van der Waals surface area contributed by atoms with Gasteiger partial charge < -0.3 is 5.32 Å². The molecule has 1 saturated heterocycles. The van der Waals surface area contributed by atoms with Gasteiger partial charge in [0.05, 0.1) is 10.8 Å². The van der Waals surface area contributed by atoms with Gasteiger partial charge >= 0.3 is 0 Å². The molecule has 0 saturated carbocycles. The monoisotopic (exact) mass is 353 g/mol. The minimum Gasteiger partial charge on any atom is -0.326 e. The van der Waals surface area contributed by atoms with Crippen molar-refractivity contribution in [2.75, 3.05) is 18.4 Å². The molecule has 0 aromatic heterocycles. The van der Waals surface area contributed by atoms with Gasteiger partial charge in [0.2, 0.25) is 5.91 Å². The maximum atomic E-state index is 12.6. The Kier molecular flexibility index (Phi) is 5.63. The number of para-hydroxylation sites is 1. The summed E-state index contributed by atoms with van der Waals surface area (Å²) in [6.07, 6.45) is 1.79. The number of rotatable bonds is 5. The van der Waals surface area contributed by atoms with Crippen LogP contribution in [0.25, 0.3) is 0 Å². The fourth-order valence-corrected chi connectivity index (χ4v) is 3.45. The van der Waals surface area contributed by atoms with Crippen LogP contribution in [0.5, 0.6) is 0 Å². The van der Waals surface area contributed by atoms with Crippen LogP contribution in [0.4, 0.5) is 11.4 Å². The smallest absolute Gasteiger partial charge is 0.269 e. The second-order valence-electron chi connectivity index (χ2n) is 6.72. The van der Waals surface area contributed by atoms with Crippen molar-refractivity contribution in [1.82, 2.24) is 4.90 Å². The van der Waals surface area contributed by atoms with Crippen molar-refractivity contribution in [3.05, 3.63) is 70.3 Å². The summed E-state index contributed by atoms with van der Waals surface area (Å²) in [6, 6.07) is 16.2. The highest BCUT2D eigenvalue weighted by molar-refractivity contribution is 5.92. The summed E-state index contributed by atoms with van der Waals surface area (Å²) in [5.74, 6) is -0.0442. The largest absolute Gasteiger partial charge is 0.326 e. The summed E-state index contributed by atoms with van der Waals surface area (Å²) < 4.78 is 0. The molecule has 0 spiro atoms. The molecule has 2 atom stereocenters. The molecule has 1 fully saturated rings. The first-order valence-electron chi connectivity index (χ1n) is 8.89. The van der Waals surface area contributed by atoms with Crippen LogP contribution in [0, 0.1) is 16.0 Å². The molecule has 1 heterocycles. The molecule has 1 aliphatic heterocycles. The van der Waals surface area contributed by atoms with Crippen molar-refractivity contribution in [3.63, 3.8) is 0 Å². The lowest BCUT2D eigenvalue weighted by Crippen LogP contribution is -2.41. The van der Waals surface area contributed by atoms with Gasteiger partial charge in [-0.1, -0.05) is 30.3 Å². The first kappa shape index (κ1) is 18.1. The van der Waals surface area contributed by atoms with Crippen LogP contribution in [0.15, 0.2) is 54.6 Å². The van der Waals surface area contributed by atoms with E-state index >= 15 is 0 Å². The average Bonchev–Trinajstić information content (AvgIpc) is 2.68. The standard InChI is InChI=1S/C20H23N3O3/c1-15(16-7-5-11-19(13-16)23(25)26)22-12-6-8-17(14-22)20(24)21-18-9-3-2-4-10-18/h2-5,7,9-11,13,15,17H,6,8,12,14H2,1H3,(H,21,24). The van der Waals surface area contributed by atoms with Crippen LogP contribution >= 0.6 is 0 Å². The summed E-state index contributed by atoms with van der Waals surface area (Å²) in [4.78, 5) is 25.5. The zero-order valence-corrected chi connectivity index (χ0v) is 14.8. The molecular weight excluding hydrogens is 330 g/mol. The van der Waals surface area contributed by atoms with Gasteiger partial charge in [0, 0.05) is 30.4 Å². The van der Waals surface area contributed by atoms with Gasteiger partial charge in [-0.3, -0.25) is 19.8 Å². The topological polar surface area (TPSA) is 75.5 Å². The molecule has 0 radical (unpaired) electrons. The lowest BCUT2D eigenvalue weighted by Gasteiger charge is -2.36. The minimum absolute atomic E-state index is 0.0298. The van der Waals surface area contributed by atoms with Crippen molar-refractivity contribution in [1.29, 1.82) is 0 Å². The number of carbonyl (C=O) groups excluding carboxylic acids is 1. The molecular formula is C20H23N3O3. The van der Waals surface area contributed by atoms with Gasteiger partial charge in [0.15, 0.2) is 0 Å². The van der Waals surface area contributed by atoms with Crippen LogP contribution in [0.3, 0.4) is 0 Å². The number of carbonyl (C=O) groups is 1. The lowest BCUT2D eigenvalue weighted by molar-refractivity contribution is -0.385. The van der Waals surface area contributed by atoms with E-state index < -0.39 is 0 Å². The Labute approximate surface area is 153 Å². The zero-order chi connectivity index (χ0) is 18.5. The van der Waals surface area contributed by atoms with Gasteiger partial charge in [0.1, 0.15) is 0 Å². The molecule has 2 unspecified atom stereocenters. The molecule has 6 nitrogen and oxygen atoms in total. The van der Waals surface area contributed by atoms with Crippen molar-refractivity contribution in [2.24, 2.45) is 5.92 Å². The highest BCUT2D eigenvalue weighted by atomic mass is 16.6. The Morgan fingerprint density at radius 1 is 1.23 bits per heavy atom. The molecule has 1 aliphatic rings. The average molecular weight is 353 g/mol. The lowest BCUT2D eigenvalue weighted by atomic mass is 9.94. The molecule has 2 aromatic carbocycles. The van der Waals surface area contributed by atoms with Crippen molar-refractivity contribution in [3.8, 4) is 0 Å². The minimum atomic E-state index is -0.372. The molecule has 2 aromatic rings. The Morgan fingerprint density at radius 3 is 2.73 bits per heavy atom. The number of anilines is 1. The number of non-ortho nitro benzene ring substituents is 1. The Hall–Kier alpha value is -2.73. The number of nitrogens with one attached hydrogen (secondary N) is 1. The summed E-state index contributed by atoms with van der Waals surface area (Å²) in [5, 5.41) is 14.0. The SMILES string of the molecule is CC(c1cccc([N+](=O)[O-])c1)N1CCCC(C(=O)Nc2ccccc2)C1. The normalized spacial score (nSPS) is 18.9. The van der Waals surface area contributed by atoms with E-state index in [0.717, 1.165) is 30.6 Å². The molecule has 0 aliphatic carbocycles. The Balaban J connectivity index is 1.67. The number of hydrogen-bond donors (Lipinski definition) is 1. The molecule has 6 heteroatoms. The summed E-state index contributed by atoms with van der Waals surface area (Å²) >= 11 is 0. The molecule has 136 valence electrons.